The maximum Gasteiger partial charge on any atom is 0.407 e. The molecule has 1 amide bonds. The first-order chi connectivity index (χ1) is 10.7. The van der Waals surface area contributed by atoms with E-state index in [1.165, 1.54) is 11.3 Å². The van der Waals surface area contributed by atoms with E-state index in [4.69, 9.17) is 9.15 Å². The van der Waals surface area contributed by atoms with Gasteiger partial charge in [-0.1, -0.05) is 30.3 Å². The molecule has 0 radical (unpaired) electrons. The fourth-order valence-electron chi connectivity index (χ4n) is 2.63. The Morgan fingerprint density at radius 2 is 2.14 bits per heavy atom. The molecule has 0 saturated carbocycles. The summed E-state index contributed by atoms with van der Waals surface area (Å²) in [4.78, 5) is 13.0. The lowest BCUT2D eigenvalue weighted by atomic mass is 10.0. The molecule has 22 heavy (non-hydrogen) atoms. The Kier molecular flexibility index (Phi) is 4.34. The molecular formula is C15H17N3O4. The minimum Gasteiger partial charge on any atom is -0.465 e. The largest absolute Gasteiger partial charge is 0.465 e. The fourth-order valence-corrected chi connectivity index (χ4v) is 2.63. The maximum atomic E-state index is 11.5. The second kappa shape index (κ2) is 6.57. The van der Waals surface area contributed by atoms with E-state index in [0.717, 1.165) is 5.56 Å². The van der Waals surface area contributed by atoms with Crippen molar-refractivity contribution in [2.24, 2.45) is 0 Å². The van der Waals surface area contributed by atoms with Crippen LogP contribution in [0.5, 0.6) is 0 Å². The Labute approximate surface area is 127 Å². The number of ether oxygens (including phenoxy) is 1. The zero-order valence-electron chi connectivity index (χ0n) is 12.0. The molecule has 3 rings (SSSR count). The van der Waals surface area contributed by atoms with Gasteiger partial charge in [0.2, 0.25) is 12.3 Å². The molecule has 7 nitrogen and oxygen atoms in total. The molecule has 116 valence electrons. The van der Waals surface area contributed by atoms with Gasteiger partial charge in [-0.05, 0) is 18.4 Å². The van der Waals surface area contributed by atoms with Gasteiger partial charge in [0.25, 0.3) is 0 Å². The van der Waals surface area contributed by atoms with Crippen molar-refractivity contribution < 1.29 is 19.1 Å². The molecule has 1 saturated heterocycles. The van der Waals surface area contributed by atoms with Crippen molar-refractivity contribution in [1.82, 2.24) is 15.1 Å². The van der Waals surface area contributed by atoms with Gasteiger partial charge in [-0.3, -0.25) is 4.90 Å². The standard InChI is InChI=1S/C15H17N3O4/c19-15(20)18(8-11-4-2-1-3-5-11)12-6-7-13(21-9-12)14-17-16-10-22-14/h1-5,10,12-13H,6-9H2,(H,19,20)/t12-,13+/m1/s1. The van der Waals surface area contributed by atoms with Crippen molar-refractivity contribution in [2.45, 2.75) is 31.5 Å². The first-order valence-electron chi connectivity index (χ1n) is 7.15. The zero-order chi connectivity index (χ0) is 15.4. The van der Waals surface area contributed by atoms with E-state index >= 15 is 0 Å². The number of nitrogens with zero attached hydrogens (tertiary/aromatic N) is 3. The molecule has 0 spiro atoms. The summed E-state index contributed by atoms with van der Waals surface area (Å²) in [5.74, 6) is 0.448. The lowest BCUT2D eigenvalue weighted by Crippen LogP contribution is -2.44. The van der Waals surface area contributed by atoms with Gasteiger partial charge in [0.1, 0.15) is 6.10 Å². The van der Waals surface area contributed by atoms with Crippen LogP contribution in [0.3, 0.4) is 0 Å². The molecule has 1 aliphatic rings. The number of aromatic nitrogens is 2. The van der Waals surface area contributed by atoms with Gasteiger partial charge < -0.3 is 14.3 Å². The Bertz CT molecular complexity index is 595. The van der Waals surface area contributed by atoms with Crippen molar-refractivity contribution in [2.75, 3.05) is 6.61 Å². The van der Waals surface area contributed by atoms with Crippen LogP contribution in [0.4, 0.5) is 4.79 Å². The van der Waals surface area contributed by atoms with Crippen LogP contribution in [-0.4, -0.2) is 38.9 Å². The van der Waals surface area contributed by atoms with E-state index < -0.39 is 6.09 Å². The third-order valence-corrected chi connectivity index (χ3v) is 3.79. The number of amides is 1. The van der Waals surface area contributed by atoms with Gasteiger partial charge in [0, 0.05) is 6.54 Å². The summed E-state index contributed by atoms with van der Waals surface area (Å²) in [5.41, 5.74) is 0.962. The number of rotatable bonds is 4. The Hall–Kier alpha value is -2.41. The van der Waals surface area contributed by atoms with Gasteiger partial charge in [0.05, 0.1) is 12.6 Å². The van der Waals surface area contributed by atoms with Crippen LogP contribution in [0, 0.1) is 0 Å². The SMILES string of the molecule is O=C(O)N(Cc1ccccc1)[C@@H]1CC[C@@H](c2nnco2)OC1. The monoisotopic (exact) mass is 303 g/mol. The summed E-state index contributed by atoms with van der Waals surface area (Å²) in [7, 11) is 0. The fraction of sp³-hybridized carbons (Fsp3) is 0.400. The highest BCUT2D eigenvalue weighted by Gasteiger charge is 2.31. The number of hydrogen-bond acceptors (Lipinski definition) is 5. The van der Waals surface area contributed by atoms with Gasteiger partial charge in [0.15, 0.2) is 0 Å². The maximum absolute atomic E-state index is 11.5. The third-order valence-electron chi connectivity index (χ3n) is 3.79. The first-order valence-corrected chi connectivity index (χ1v) is 7.15. The predicted octanol–water partition coefficient (Wildman–Crippen LogP) is 2.47. The van der Waals surface area contributed by atoms with Crippen molar-refractivity contribution in [1.29, 1.82) is 0 Å². The highest BCUT2D eigenvalue weighted by Crippen LogP contribution is 2.29. The Morgan fingerprint density at radius 3 is 2.73 bits per heavy atom. The van der Waals surface area contributed by atoms with Crippen LogP contribution in [0.1, 0.15) is 30.4 Å². The molecule has 2 aromatic rings. The van der Waals surface area contributed by atoms with Crippen molar-refractivity contribution >= 4 is 6.09 Å². The van der Waals surface area contributed by atoms with Crippen LogP contribution < -0.4 is 0 Å². The smallest absolute Gasteiger partial charge is 0.407 e. The number of benzene rings is 1. The van der Waals surface area contributed by atoms with Gasteiger partial charge in [-0.25, -0.2) is 4.79 Å². The van der Waals surface area contributed by atoms with Gasteiger partial charge >= 0.3 is 6.09 Å². The van der Waals surface area contributed by atoms with Crippen molar-refractivity contribution in [3.05, 3.63) is 48.2 Å². The Morgan fingerprint density at radius 1 is 1.32 bits per heavy atom. The molecule has 0 unspecified atom stereocenters. The second-order valence-electron chi connectivity index (χ2n) is 5.23. The van der Waals surface area contributed by atoms with E-state index in [1.807, 2.05) is 30.3 Å². The summed E-state index contributed by atoms with van der Waals surface area (Å²) < 4.78 is 10.8. The molecule has 1 N–H and O–H groups in total. The van der Waals surface area contributed by atoms with Crippen LogP contribution >= 0.6 is 0 Å². The van der Waals surface area contributed by atoms with Crippen LogP contribution in [0.25, 0.3) is 0 Å². The number of carbonyl (C=O) groups is 1. The molecule has 0 aliphatic carbocycles. The van der Waals surface area contributed by atoms with Gasteiger partial charge in [-0.2, -0.15) is 0 Å². The highest BCUT2D eigenvalue weighted by atomic mass is 16.5. The number of carboxylic acid groups (broad SMARTS) is 1. The van der Waals surface area contributed by atoms with E-state index in [0.29, 0.717) is 31.9 Å². The summed E-state index contributed by atoms with van der Waals surface area (Å²) >= 11 is 0. The van der Waals surface area contributed by atoms with Crippen LogP contribution in [0.15, 0.2) is 41.1 Å². The molecular weight excluding hydrogens is 286 g/mol. The predicted molar refractivity (Wildman–Crippen MR) is 76.0 cm³/mol. The van der Waals surface area contributed by atoms with Crippen LogP contribution in [-0.2, 0) is 11.3 Å². The summed E-state index contributed by atoms with van der Waals surface area (Å²) in [6.45, 7) is 0.682. The van der Waals surface area contributed by atoms with Crippen molar-refractivity contribution in [3.63, 3.8) is 0 Å². The molecule has 1 aromatic heterocycles. The summed E-state index contributed by atoms with van der Waals surface area (Å²) in [5, 5.41) is 16.9. The minimum absolute atomic E-state index is 0.170. The minimum atomic E-state index is -0.936. The molecule has 7 heteroatoms. The average molecular weight is 303 g/mol. The summed E-state index contributed by atoms with van der Waals surface area (Å²) in [6, 6.07) is 9.38. The quantitative estimate of drug-likeness (QED) is 0.933. The molecule has 1 aromatic carbocycles. The lowest BCUT2D eigenvalue weighted by Gasteiger charge is -2.34. The lowest BCUT2D eigenvalue weighted by molar-refractivity contribution is -0.0460. The highest BCUT2D eigenvalue weighted by molar-refractivity contribution is 5.65. The molecule has 1 aliphatic heterocycles. The normalized spacial score (nSPS) is 21.5. The number of hydrogen-bond donors (Lipinski definition) is 1. The average Bonchev–Trinajstić information content (AvgIpc) is 3.08. The Balaban J connectivity index is 1.63. The molecule has 2 heterocycles. The first kappa shape index (κ1) is 14.5. The molecule has 1 fully saturated rings. The molecule has 2 atom stereocenters. The molecule has 0 bridgehead atoms. The van der Waals surface area contributed by atoms with Crippen molar-refractivity contribution in [3.8, 4) is 0 Å². The topological polar surface area (TPSA) is 88.7 Å². The second-order valence-corrected chi connectivity index (χ2v) is 5.23. The summed E-state index contributed by atoms with van der Waals surface area (Å²) in [6.07, 6.45) is 1.45. The van der Waals surface area contributed by atoms with Gasteiger partial charge in [-0.15, -0.1) is 10.2 Å². The van der Waals surface area contributed by atoms with E-state index in [1.54, 1.807) is 0 Å². The third kappa shape index (κ3) is 3.25. The van der Waals surface area contributed by atoms with Crippen LogP contribution in [0.2, 0.25) is 0 Å². The van der Waals surface area contributed by atoms with E-state index in [2.05, 4.69) is 10.2 Å². The van der Waals surface area contributed by atoms with E-state index in [-0.39, 0.29) is 12.1 Å². The zero-order valence-corrected chi connectivity index (χ0v) is 12.0. The van der Waals surface area contributed by atoms with E-state index in [9.17, 15) is 9.90 Å².